The Bertz CT molecular complexity index is 1130. The van der Waals surface area contributed by atoms with E-state index >= 15 is 0 Å². The van der Waals surface area contributed by atoms with Gasteiger partial charge < -0.3 is 9.84 Å². The molecule has 6 heteroatoms. The molecule has 1 aliphatic rings. The lowest BCUT2D eigenvalue weighted by atomic mass is 10.1. The fraction of sp³-hybridized carbons (Fsp3) is 0.150. The Balaban J connectivity index is 1.90. The summed E-state index contributed by atoms with van der Waals surface area (Å²) in [6.07, 6.45) is 2.65. The minimum atomic E-state index is -1.04. The Kier molecular flexibility index (Phi) is 3.80. The first-order valence-electron chi connectivity index (χ1n) is 8.20. The van der Waals surface area contributed by atoms with Crippen LogP contribution in [0.25, 0.3) is 22.6 Å². The number of benzene rings is 2. The molecule has 1 N–H and O–H groups in total. The van der Waals surface area contributed by atoms with Crippen molar-refractivity contribution in [1.82, 2.24) is 9.55 Å². The summed E-state index contributed by atoms with van der Waals surface area (Å²) in [5.41, 5.74) is 2.20. The molecule has 4 rings (SSSR count). The second-order valence-corrected chi connectivity index (χ2v) is 6.09. The topological polar surface area (TPSA) is 81.4 Å². The van der Waals surface area contributed by atoms with E-state index in [9.17, 15) is 14.7 Å². The Labute approximate surface area is 149 Å². The summed E-state index contributed by atoms with van der Waals surface area (Å²) in [6, 6.07) is 12.0. The lowest BCUT2D eigenvalue weighted by Gasteiger charge is -2.07. The second-order valence-electron chi connectivity index (χ2n) is 6.09. The third-order valence-electron chi connectivity index (χ3n) is 4.56. The number of methoxy groups -OCH3 is 1. The van der Waals surface area contributed by atoms with E-state index in [2.05, 4.69) is 4.98 Å². The third-order valence-corrected chi connectivity index (χ3v) is 4.56. The first kappa shape index (κ1) is 16.1. The van der Waals surface area contributed by atoms with Crippen LogP contribution in [0, 0.1) is 0 Å². The van der Waals surface area contributed by atoms with Crippen LogP contribution in [-0.2, 0) is 6.54 Å². The highest BCUT2D eigenvalue weighted by Crippen LogP contribution is 2.30. The van der Waals surface area contributed by atoms with Gasteiger partial charge in [-0.05, 0) is 42.3 Å². The number of carboxylic acids is 1. The smallest absolute Gasteiger partial charge is 0.335 e. The van der Waals surface area contributed by atoms with E-state index in [4.69, 9.17) is 4.74 Å². The molecular weight excluding hydrogens is 332 g/mol. The Morgan fingerprint density at radius 1 is 1.27 bits per heavy atom. The van der Waals surface area contributed by atoms with Crippen molar-refractivity contribution in [3.63, 3.8) is 0 Å². The van der Waals surface area contributed by atoms with E-state index in [1.807, 2.05) is 30.3 Å². The molecular formula is C20H16N2O4. The van der Waals surface area contributed by atoms with E-state index in [-0.39, 0.29) is 11.1 Å². The predicted molar refractivity (Wildman–Crippen MR) is 98.4 cm³/mol. The zero-order valence-electron chi connectivity index (χ0n) is 14.1. The van der Waals surface area contributed by atoms with Gasteiger partial charge in [-0.2, -0.15) is 0 Å². The molecule has 0 spiro atoms. The van der Waals surface area contributed by atoms with E-state index < -0.39 is 5.97 Å². The molecule has 3 aromatic rings. The van der Waals surface area contributed by atoms with Crippen LogP contribution in [0.15, 0.2) is 47.3 Å². The Morgan fingerprint density at radius 2 is 2.08 bits per heavy atom. The number of carboxylic acid groups (broad SMARTS) is 1. The minimum Gasteiger partial charge on any atom is -0.496 e. The van der Waals surface area contributed by atoms with Crippen molar-refractivity contribution in [3.8, 4) is 5.75 Å². The number of carbonyl (C=O) groups is 1. The third kappa shape index (κ3) is 2.56. The van der Waals surface area contributed by atoms with Crippen LogP contribution < -0.4 is 10.3 Å². The number of hydrogen-bond acceptors (Lipinski definition) is 4. The van der Waals surface area contributed by atoms with E-state index in [1.54, 1.807) is 11.7 Å². The van der Waals surface area contributed by atoms with Gasteiger partial charge in [-0.3, -0.25) is 9.36 Å². The van der Waals surface area contributed by atoms with Crippen molar-refractivity contribution < 1.29 is 14.6 Å². The van der Waals surface area contributed by atoms with Gasteiger partial charge in [0.15, 0.2) is 0 Å². The molecule has 0 amide bonds. The molecule has 0 radical (unpaired) electrons. The van der Waals surface area contributed by atoms with E-state index in [0.717, 1.165) is 16.9 Å². The lowest BCUT2D eigenvalue weighted by Crippen LogP contribution is -2.21. The molecule has 26 heavy (non-hydrogen) atoms. The SMILES string of the molecule is COc1ccccc1/C=C1\CCn2c1nc1cc(C(=O)O)ccc1c2=O. The molecule has 2 aromatic carbocycles. The summed E-state index contributed by atoms with van der Waals surface area (Å²) in [7, 11) is 1.61. The number of hydrogen-bond donors (Lipinski definition) is 1. The summed E-state index contributed by atoms with van der Waals surface area (Å²) in [4.78, 5) is 28.5. The van der Waals surface area contributed by atoms with Crippen molar-refractivity contribution in [2.75, 3.05) is 7.11 Å². The van der Waals surface area contributed by atoms with Crippen LogP contribution in [-0.4, -0.2) is 27.7 Å². The van der Waals surface area contributed by atoms with Gasteiger partial charge in [0.2, 0.25) is 0 Å². The van der Waals surface area contributed by atoms with Crippen molar-refractivity contribution in [2.24, 2.45) is 0 Å². The Hall–Kier alpha value is -3.41. The summed E-state index contributed by atoms with van der Waals surface area (Å²) in [6.45, 7) is 0.554. The molecule has 1 aromatic heterocycles. The number of aromatic carboxylic acids is 1. The zero-order chi connectivity index (χ0) is 18.3. The van der Waals surface area contributed by atoms with Crippen LogP contribution in [0.5, 0.6) is 5.75 Å². The number of para-hydroxylation sites is 1. The quantitative estimate of drug-likeness (QED) is 0.787. The second kappa shape index (κ2) is 6.15. The predicted octanol–water partition coefficient (Wildman–Crippen LogP) is 3.05. The van der Waals surface area contributed by atoms with Crippen molar-refractivity contribution >= 4 is 28.5 Å². The first-order valence-corrected chi connectivity index (χ1v) is 8.20. The summed E-state index contributed by atoms with van der Waals surface area (Å²) < 4.78 is 7.02. The van der Waals surface area contributed by atoms with E-state index in [1.165, 1.54) is 18.2 Å². The van der Waals surface area contributed by atoms with Crippen molar-refractivity contribution in [2.45, 2.75) is 13.0 Å². The maximum Gasteiger partial charge on any atom is 0.335 e. The van der Waals surface area contributed by atoms with Gasteiger partial charge in [0.25, 0.3) is 5.56 Å². The van der Waals surface area contributed by atoms with Gasteiger partial charge in [-0.15, -0.1) is 0 Å². The fourth-order valence-corrected chi connectivity index (χ4v) is 3.26. The van der Waals surface area contributed by atoms with Crippen molar-refractivity contribution in [3.05, 3.63) is 69.8 Å². The molecule has 130 valence electrons. The molecule has 0 bridgehead atoms. The molecule has 0 fully saturated rings. The molecule has 0 aliphatic carbocycles. The lowest BCUT2D eigenvalue weighted by molar-refractivity contribution is 0.0697. The zero-order valence-corrected chi connectivity index (χ0v) is 14.1. The first-order chi connectivity index (χ1) is 12.6. The van der Waals surface area contributed by atoms with Crippen LogP contribution in [0.1, 0.15) is 28.2 Å². The summed E-state index contributed by atoms with van der Waals surface area (Å²) >= 11 is 0. The molecule has 0 saturated heterocycles. The highest BCUT2D eigenvalue weighted by Gasteiger charge is 2.21. The van der Waals surface area contributed by atoms with Gasteiger partial charge in [0.1, 0.15) is 11.6 Å². The van der Waals surface area contributed by atoms with Gasteiger partial charge in [-0.25, -0.2) is 9.78 Å². The van der Waals surface area contributed by atoms with Crippen LogP contribution in [0.4, 0.5) is 0 Å². The van der Waals surface area contributed by atoms with Crippen LogP contribution in [0.2, 0.25) is 0 Å². The number of ether oxygens (including phenoxy) is 1. The average Bonchev–Trinajstić information content (AvgIpc) is 3.05. The summed E-state index contributed by atoms with van der Waals surface area (Å²) in [5, 5.41) is 9.60. The summed E-state index contributed by atoms with van der Waals surface area (Å²) in [5.74, 6) is 0.282. The van der Waals surface area contributed by atoms with Crippen molar-refractivity contribution in [1.29, 1.82) is 0 Å². The largest absolute Gasteiger partial charge is 0.496 e. The van der Waals surface area contributed by atoms with Gasteiger partial charge in [0, 0.05) is 12.1 Å². The van der Waals surface area contributed by atoms with Crippen LogP contribution >= 0.6 is 0 Å². The van der Waals surface area contributed by atoms with E-state index in [0.29, 0.717) is 29.7 Å². The van der Waals surface area contributed by atoms with Gasteiger partial charge in [0.05, 0.1) is 23.6 Å². The molecule has 2 heterocycles. The van der Waals surface area contributed by atoms with Gasteiger partial charge in [-0.1, -0.05) is 18.2 Å². The molecule has 0 unspecified atom stereocenters. The number of aromatic nitrogens is 2. The number of rotatable bonds is 3. The number of nitrogens with zero attached hydrogens (tertiary/aromatic N) is 2. The van der Waals surface area contributed by atoms with Gasteiger partial charge >= 0.3 is 5.97 Å². The molecule has 0 saturated carbocycles. The maximum atomic E-state index is 12.7. The standard InChI is InChI=1S/C20H16N2O4/c1-26-17-5-3-2-4-12(17)10-13-8-9-22-18(13)21-16-11-14(20(24)25)6-7-15(16)19(22)23/h2-7,10-11H,8-9H2,1H3,(H,24,25)/b13-10+. The van der Waals surface area contributed by atoms with Crippen LogP contribution in [0.3, 0.4) is 0 Å². The fourth-order valence-electron chi connectivity index (χ4n) is 3.26. The number of fused-ring (bicyclic) bond motifs is 2. The highest BCUT2D eigenvalue weighted by molar-refractivity contribution is 5.93. The molecule has 1 aliphatic heterocycles. The molecule has 0 atom stereocenters. The molecule has 6 nitrogen and oxygen atoms in total. The maximum absolute atomic E-state index is 12.7. The minimum absolute atomic E-state index is 0.114. The highest BCUT2D eigenvalue weighted by atomic mass is 16.5. The Morgan fingerprint density at radius 3 is 2.85 bits per heavy atom. The number of allylic oxidation sites excluding steroid dienone is 1. The normalized spacial score (nSPS) is 14.6. The monoisotopic (exact) mass is 348 g/mol. The average molecular weight is 348 g/mol.